The average Bonchev–Trinajstić information content (AvgIpc) is 3.16. The van der Waals surface area contributed by atoms with Crippen molar-refractivity contribution in [1.82, 2.24) is 9.97 Å². The fourth-order valence-electron chi connectivity index (χ4n) is 2.77. The van der Waals surface area contributed by atoms with Gasteiger partial charge in [-0.05, 0) is 30.3 Å². The van der Waals surface area contributed by atoms with Crippen LogP contribution in [0.25, 0.3) is 0 Å². The lowest BCUT2D eigenvalue weighted by molar-refractivity contribution is -0.383. The molecule has 1 aliphatic heterocycles. The number of fused-ring (bicyclic) bond motifs is 1. The Hall–Kier alpha value is -3.80. The van der Waals surface area contributed by atoms with E-state index in [0.29, 0.717) is 17.2 Å². The molecule has 3 aromatic rings. The van der Waals surface area contributed by atoms with Crippen LogP contribution in [0.15, 0.2) is 42.7 Å². The van der Waals surface area contributed by atoms with Gasteiger partial charge in [-0.2, -0.15) is 13.2 Å². The van der Waals surface area contributed by atoms with E-state index in [-0.39, 0.29) is 29.1 Å². The number of aromatic nitrogens is 2. The summed E-state index contributed by atoms with van der Waals surface area (Å²) in [6, 6.07) is 7.33. The van der Waals surface area contributed by atoms with Crippen molar-refractivity contribution in [3.63, 3.8) is 0 Å². The number of rotatable bonds is 5. The van der Waals surface area contributed by atoms with Crippen LogP contribution in [0.3, 0.4) is 0 Å². The summed E-state index contributed by atoms with van der Waals surface area (Å²) in [7, 11) is 0. The number of benzene rings is 2. The van der Waals surface area contributed by atoms with E-state index in [1.165, 1.54) is 0 Å². The van der Waals surface area contributed by atoms with E-state index in [0.717, 1.165) is 24.5 Å². The average molecular weight is 454 g/mol. The molecule has 0 radical (unpaired) electrons. The summed E-state index contributed by atoms with van der Waals surface area (Å²) in [5, 5.41) is 16.9. The summed E-state index contributed by atoms with van der Waals surface area (Å²) < 4.78 is 49.5. The molecule has 0 fully saturated rings. The van der Waals surface area contributed by atoms with Gasteiger partial charge in [0, 0.05) is 11.8 Å². The number of nitro groups is 1. The zero-order valence-corrected chi connectivity index (χ0v) is 16.0. The third-order valence-electron chi connectivity index (χ3n) is 4.19. The van der Waals surface area contributed by atoms with Crippen molar-refractivity contribution in [2.45, 2.75) is 6.18 Å². The van der Waals surface area contributed by atoms with Crippen LogP contribution in [0.5, 0.6) is 11.5 Å². The van der Waals surface area contributed by atoms with Gasteiger partial charge < -0.3 is 20.1 Å². The zero-order chi connectivity index (χ0) is 22.2. The molecule has 4 rings (SSSR count). The van der Waals surface area contributed by atoms with E-state index in [9.17, 15) is 23.3 Å². The predicted molar refractivity (Wildman–Crippen MR) is 104 cm³/mol. The largest absolute Gasteiger partial charge is 0.454 e. The standard InChI is InChI=1S/C18H11ClF3N5O4/c19-11-3-1-9(18(20,21)22)5-12(11)26-17-15(27(28)29)16(23-7-24-17)25-10-2-4-13-14(6-10)31-8-30-13/h1-7H,8H2,(H2,23,24,25,26). The monoisotopic (exact) mass is 453 g/mol. The minimum Gasteiger partial charge on any atom is -0.454 e. The molecule has 0 unspecified atom stereocenters. The van der Waals surface area contributed by atoms with Crippen molar-refractivity contribution in [2.24, 2.45) is 0 Å². The van der Waals surface area contributed by atoms with Crippen LogP contribution in [0.2, 0.25) is 5.02 Å². The Morgan fingerprint density at radius 2 is 1.74 bits per heavy atom. The molecular weight excluding hydrogens is 443 g/mol. The number of halogens is 4. The van der Waals surface area contributed by atoms with Crippen LogP contribution in [0.4, 0.5) is 41.9 Å². The summed E-state index contributed by atoms with van der Waals surface area (Å²) in [5.41, 5.74) is -1.36. The summed E-state index contributed by atoms with van der Waals surface area (Å²) in [5.74, 6) is 0.425. The van der Waals surface area contributed by atoms with Crippen LogP contribution in [0, 0.1) is 10.1 Å². The molecule has 9 nitrogen and oxygen atoms in total. The van der Waals surface area contributed by atoms with Gasteiger partial charge in [-0.3, -0.25) is 10.1 Å². The number of nitrogens with zero attached hydrogens (tertiary/aromatic N) is 3. The van der Waals surface area contributed by atoms with E-state index in [4.69, 9.17) is 21.1 Å². The first-order valence-electron chi connectivity index (χ1n) is 8.52. The van der Waals surface area contributed by atoms with Gasteiger partial charge in [0.25, 0.3) is 0 Å². The lowest BCUT2D eigenvalue weighted by Crippen LogP contribution is -2.08. The number of anilines is 4. The highest BCUT2D eigenvalue weighted by Crippen LogP contribution is 2.39. The molecule has 0 spiro atoms. The Balaban J connectivity index is 1.69. The van der Waals surface area contributed by atoms with Crippen molar-refractivity contribution in [3.05, 3.63) is 63.4 Å². The lowest BCUT2D eigenvalue weighted by Gasteiger charge is -2.13. The second kappa shape index (κ2) is 7.80. The third-order valence-corrected chi connectivity index (χ3v) is 4.52. The Kier molecular flexibility index (Phi) is 5.15. The fourth-order valence-corrected chi connectivity index (χ4v) is 2.94. The van der Waals surface area contributed by atoms with E-state index >= 15 is 0 Å². The van der Waals surface area contributed by atoms with Crippen molar-refractivity contribution >= 4 is 40.3 Å². The van der Waals surface area contributed by atoms with Gasteiger partial charge in [0.05, 0.1) is 21.2 Å². The molecule has 0 aliphatic carbocycles. The number of hydrogen-bond acceptors (Lipinski definition) is 8. The van der Waals surface area contributed by atoms with Gasteiger partial charge in [-0.15, -0.1) is 0 Å². The second-order valence-corrected chi connectivity index (χ2v) is 6.59. The van der Waals surface area contributed by atoms with Gasteiger partial charge >= 0.3 is 11.9 Å². The number of ether oxygens (including phenoxy) is 2. The first kappa shape index (κ1) is 20.5. The van der Waals surface area contributed by atoms with Gasteiger partial charge in [-0.1, -0.05) is 11.6 Å². The Labute approximate surface area is 176 Å². The maximum Gasteiger partial charge on any atom is 0.416 e. The Bertz CT molecular complexity index is 1180. The number of alkyl halides is 3. The van der Waals surface area contributed by atoms with Gasteiger partial charge in [0.2, 0.25) is 18.4 Å². The summed E-state index contributed by atoms with van der Waals surface area (Å²) in [4.78, 5) is 18.6. The molecule has 0 saturated carbocycles. The summed E-state index contributed by atoms with van der Waals surface area (Å²) in [6.45, 7) is 0.0538. The minimum absolute atomic E-state index is 0.0538. The molecule has 1 aliphatic rings. The molecular formula is C18H11ClF3N5O4. The topological polar surface area (TPSA) is 111 Å². The Morgan fingerprint density at radius 3 is 2.45 bits per heavy atom. The molecule has 31 heavy (non-hydrogen) atoms. The normalized spacial score (nSPS) is 12.5. The second-order valence-electron chi connectivity index (χ2n) is 6.19. The minimum atomic E-state index is -4.62. The fraction of sp³-hybridized carbons (Fsp3) is 0.111. The van der Waals surface area contributed by atoms with Crippen molar-refractivity contribution in [2.75, 3.05) is 17.4 Å². The van der Waals surface area contributed by atoms with Gasteiger partial charge in [0.15, 0.2) is 11.5 Å². The van der Waals surface area contributed by atoms with Gasteiger partial charge in [-0.25, -0.2) is 9.97 Å². The molecule has 2 aromatic carbocycles. The van der Waals surface area contributed by atoms with Crippen LogP contribution in [0.1, 0.15) is 5.56 Å². The smallest absolute Gasteiger partial charge is 0.416 e. The first-order chi connectivity index (χ1) is 14.7. The molecule has 0 saturated heterocycles. The highest BCUT2D eigenvalue weighted by atomic mass is 35.5. The molecule has 0 bridgehead atoms. The van der Waals surface area contributed by atoms with Crippen LogP contribution in [-0.4, -0.2) is 21.7 Å². The molecule has 1 aromatic heterocycles. The van der Waals surface area contributed by atoms with Crippen molar-refractivity contribution in [3.8, 4) is 11.5 Å². The quantitative estimate of drug-likeness (QED) is 0.397. The third kappa shape index (κ3) is 4.23. The number of nitrogens with one attached hydrogen (secondary N) is 2. The molecule has 0 atom stereocenters. The van der Waals surface area contributed by atoms with Crippen molar-refractivity contribution in [1.29, 1.82) is 0 Å². The lowest BCUT2D eigenvalue weighted by atomic mass is 10.2. The van der Waals surface area contributed by atoms with Gasteiger partial charge in [0.1, 0.15) is 6.33 Å². The molecule has 2 heterocycles. The maximum atomic E-state index is 13.0. The van der Waals surface area contributed by atoms with E-state index < -0.39 is 22.4 Å². The Morgan fingerprint density at radius 1 is 1.03 bits per heavy atom. The first-order valence-corrected chi connectivity index (χ1v) is 8.90. The SMILES string of the molecule is O=[N+]([O-])c1c(Nc2ccc3c(c2)OCO3)ncnc1Nc1cc(C(F)(F)F)ccc1Cl. The van der Waals surface area contributed by atoms with E-state index in [2.05, 4.69) is 20.6 Å². The van der Waals surface area contributed by atoms with Crippen LogP contribution in [-0.2, 0) is 6.18 Å². The highest BCUT2D eigenvalue weighted by molar-refractivity contribution is 6.33. The van der Waals surface area contributed by atoms with Crippen LogP contribution < -0.4 is 20.1 Å². The summed E-state index contributed by atoms with van der Waals surface area (Å²) in [6.07, 6.45) is -3.60. The number of hydrogen-bond donors (Lipinski definition) is 2. The molecule has 160 valence electrons. The van der Waals surface area contributed by atoms with Crippen molar-refractivity contribution < 1.29 is 27.6 Å². The molecule has 13 heteroatoms. The highest BCUT2D eigenvalue weighted by Gasteiger charge is 2.31. The van der Waals surface area contributed by atoms with E-state index in [1.807, 2.05) is 0 Å². The zero-order valence-electron chi connectivity index (χ0n) is 15.2. The summed E-state index contributed by atoms with van der Waals surface area (Å²) >= 11 is 5.97. The van der Waals surface area contributed by atoms with Crippen LogP contribution >= 0.6 is 11.6 Å². The molecule has 2 N–H and O–H groups in total. The van der Waals surface area contributed by atoms with E-state index in [1.54, 1.807) is 18.2 Å². The molecule has 0 amide bonds. The maximum absolute atomic E-state index is 13.0. The predicted octanol–water partition coefficient (Wildman–Crippen LogP) is 5.27.